The number of hydrogen-bond acceptors (Lipinski definition) is 3. The van der Waals surface area contributed by atoms with E-state index in [2.05, 4.69) is 12.1 Å². The first-order valence-electron chi connectivity index (χ1n) is 5.24. The minimum absolute atomic E-state index is 0. The van der Waals surface area contributed by atoms with E-state index in [4.69, 9.17) is 9.84 Å². The van der Waals surface area contributed by atoms with Crippen LogP contribution in [-0.4, -0.2) is 43.4 Å². The second-order valence-electron chi connectivity index (χ2n) is 3.57. The van der Waals surface area contributed by atoms with Crippen LogP contribution in [0, 0.1) is 0 Å². The number of ether oxygens (including phenoxy) is 1. The summed E-state index contributed by atoms with van der Waals surface area (Å²) in [5.41, 5.74) is 1.20. The number of rotatable bonds is 7. The van der Waals surface area contributed by atoms with Crippen LogP contribution in [0.2, 0.25) is 0 Å². The van der Waals surface area contributed by atoms with Crippen molar-refractivity contribution >= 4 is 0 Å². The molecule has 0 fully saturated rings. The maximum atomic E-state index is 8.69. The van der Waals surface area contributed by atoms with Crippen molar-refractivity contribution in [3.8, 4) is 0 Å². The molecule has 17 heavy (non-hydrogen) atoms. The van der Waals surface area contributed by atoms with Crippen LogP contribution in [0.25, 0.3) is 0 Å². The van der Waals surface area contributed by atoms with E-state index in [1.807, 2.05) is 30.1 Å². The fourth-order valence-corrected chi connectivity index (χ4v) is 1.27. The Morgan fingerprint density at radius 1 is 1.18 bits per heavy atom. The van der Waals surface area contributed by atoms with Crippen molar-refractivity contribution in [2.24, 2.45) is 0 Å². The zero-order valence-electron chi connectivity index (χ0n) is 10.6. The van der Waals surface area contributed by atoms with Crippen molar-refractivity contribution < 1.29 is 85.2 Å². The van der Waals surface area contributed by atoms with Gasteiger partial charge in [-0.2, -0.15) is 0 Å². The van der Waals surface area contributed by atoms with E-state index in [-0.39, 0.29) is 82.0 Å². The molecule has 3 nitrogen and oxygen atoms in total. The molecule has 0 spiro atoms. The van der Waals surface area contributed by atoms with Crippen molar-refractivity contribution in [3.05, 3.63) is 35.9 Å². The van der Waals surface area contributed by atoms with Crippen LogP contribution in [0.1, 0.15) is 5.56 Å². The van der Waals surface area contributed by atoms with E-state index in [9.17, 15) is 0 Å². The summed E-state index contributed by atoms with van der Waals surface area (Å²) in [6, 6.07) is 10.1. The first kappa shape index (κ1) is 20.8. The summed E-state index contributed by atoms with van der Waals surface area (Å²) >= 11 is 0. The van der Waals surface area contributed by atoms with Gasteiger partial charge >= 0.3 is 51.4 Å². The zero-order chi connectivity index (χ0) is 10.9. The molecule has 1 aromatic rings. The molecule has 0 heterocycles. The molecule has 1 rings (SSSR count). The normalized spacial score (nSPS) is 9.59. The van der Waals surface area contributed by atoms with Crippen LogP contribution in [0.15, 0.2) is 30.3 Å². The predicted octanol–water partition coefficient (Wildman–Crippen LogP) is -4.86. The van der Waals surface area contributed by atoms with Crippen molar-refractivity contribution in [1.29, 1.82) is 0 Å². The number of benzene rings is 1. The molecule has 0 aromatic heterocycles. The Morgan fingerprint density at radius 2 is 1.82 bits per heavy atom. The van der Waals surface area contributed by atoms with Crippen LogP contribution < -0.4 is 75.4 Å². The van der Waals surface area contributed by atoms with Gasteiger partial charge in [0.1, 0.15) is 0 Å². The molecule has 0 amide bonds. The molecule has 0 atom stereocenters. The second-order valence-corrected chi connectivity index (χ2v) is 3.57. The SMILES string of the molecule is CN(CCO)CCOCc1ccccc1.[I-].[K+]. The number of likely N-dealkylation sites (N-methyl/N-ethyl adjacent to an activating group) is 1. The molecule has 1 N–H and O–H groups in total. The van der Waals surface area contributed by atoms with Gasteiger partial charge in [-0.3, -0.25) is 0 Å². The minimum Gasteiger partial charge on any atom is -1.00 e. The molecule has 0 aliphatic rings. The summed E-state index contributed by atoms with van der Waals surface area (Å²) in [6.07, 6.45) is 0. The topological polar surface area (TPSA) is 32.7 Å². The third-order valence-electron chi connectivity index (χ3n) is 2.21. The average Bonchev–Trinajstić information content (AvgIpc) is 2.26. The Kier molecular flexibility index (Phi) is 17.0. The first-order chi connectivity index (χ1) is 7.33. The zero-order valence-corrected chi connectivity index (χ0v) is 15.9. The molecule has 0 radical (unpaired) electrons. The van der Waals surface area contributed by atoms with Crippen molar-refractivity contribution in [2.75, 3.05) is 33.4 Å². The monoisotopic (exact) mass is 375 g/mol. The summed E-state index contributed by atoms with van der Waals surface area (Å²) in [4.78, 5) is 2.05. The van der Waals surface area contributed by atoms with Gasteiger partial charge < -0.3 is 38.7 Å². The summed E-state index contributed by atoms with van der Waals surface area (Å²) in [5, 5.41) is 8.69. The predicted molar refractivity (Wildman–Crippen MR) is 60.7 cm³/mol. The van der Waals surface area contributed by atoms with E-state index in [1.54, 1.807) is 0 Å². The Hall–Kier alpha value is 1.47. The average molecular weight is 375 g/mol. The fraction of sp³-hybridized carbons (Fsp3) is 0.500. The molecule has 92 valence electrons. The summed E-state index contributed by atoms with van der Waals surface area (Å²) in [6.45, 7) is 3.12. The Morgan fingerprint density at radius 3 is 2.41 bits per heavy atom. The van der Waals surface area contributed by atoms with Gasteiger partial charge in [0.2, 0.25) is 0 Å². The van der Waals surface area contributed by atoms with Crippen LogP contribution >= 0.6 is 0 Å². The first-order valence-corrected chi connectivity index (χ1v) is 5.24. The van der Waals surface area contributed by atoms with E-state index in [1.165, 1.54) is 5.56 Å². The van der Waals surface area contributed by atoms with Crippen LogP contribution in [-0.2, 0) is 11.3 Å². The molecular formula is C12H19IKNO2. The maximum Gasteiger partial charge on any atom is 1.00 e. The largest absolute Gasteiger partial charge is 1.00 e. The van der Waals surface area contributed by atoms with Crippen LogP contribution in [0.3, 0.4) is 0 Å². The van der Waals surface area contributed by atoms with Gasteiger partial charge in [0.25, 0.3) is 0 Å². The Balaban J connectivity index is 0. The molecule has 0 unspecified atom stereocenters. The van der Waals surface area contributed by atoms with E-state index in [0.717, 1.165) is 6.54 Å². The molecule has 0 saturated heterocycles. The summed E-state index contributed by atoms with van der Waals surface area (Å²) in [7, 11) is 1.97. The molecule has 5 heteroatoms. The van der Waals surface area contributed by atoms with Crippen molar-refractivity contribution in [2.45, 2.75) is 6.61 Å². The number of hydrogen-bond donors (Lipinski definition) is 1. The summed E-state index contributed by atoms with van der Waals surface area (Å²) < 4.78 is 5.51. The number of nitrogens with zero attached hydrogens (tertiary/aromatic N) is 1. The van der Waals surface area contributed by atoms with Gasteiger partial charge in [-0.15, -0.1) is 0 Å². The molecule has 0 aliphatic carbocycles. The quantitative estimate of drug-likeness (QED) is 0.295. The van der Waals surface area contributed by atoms with Crippen LogP contribution in [0.5, 0.6) is 0 Å². The van der Waals surface area contributed by atoms with Crippen molar-refractivity contribution in [3.63, 3.8) is 0 Å². The van der Waals surface area contributed by atoms with Crippen molar-refractivity contribution in [1.82, 2.24) is 4.90 Å². The Bertz CT molecular complexity index is 262. The Labute approximate surface area is 163 Å². The molecule has 0 bridgehead atoms. The molecule has 1 aromatic carbocycles. The van der Waals surface area contributed by atoms with Gasteiger partial charge in [0.15, 0.2) is 0 Å². The fourth-order valence-electron chi connectivity index (χ4n) is 1.27. The van der Waals surface area contributed by atoms with Gasteiger partial charge in [-0.05, 0) is 12.6 Å². The standard InChI is InChI=1S/C12H19NO2.HI.K/c1-13(7-9-14)8-10-15-11-12-5-3-2-4-6-12;;/h2-6,14H,7-11H2,1H3;1H;/q;;+1/p-1. The number of aliphatic hydroxyl groups excluding tert-OH is 1. The summed E-state index contributed by atoms with van der Waals surface area (Å²) in [5.74, 6) is 0. The van der Waals surface area contributed by atoms with Gasteiger partial charge in [0.05, 0.1) is 19.8 Å². The van der Waals surface area contributed by atoms with E-state index >= 15 is 0 Å². The van der Waals surface area contributed by atoms with Gasteiger partial charge in [-0.1, -0.05) is 30.3 Å². The smallest absolute Gasteiger partial charge is 1.00 e. The molecule has 0 saturated carbocycles. The van der Waals surface area contributed by atoms with Gasteiger partial charge in [-0.25, -0.2) is 0 Å². The minimum atomic E-state index is 0. The van der Waals surface area contributed by atoms with Gasteiger partial charge in [0, 0.05) is 13.1 Å². The molecular weight excluding hydrogens is 356 g/mol. The maximum absolute atomic E-state index is 8.69. The second kappa shape index (κ2) is 13.9. The number of halogens is 1. The molecule has 0 aliphatic heterocycles. The van der Waals surface area contributed by atoms with E-state index in [0.29, 0.717) is 19.8 Å². The van der Waals surface area contributed by atoms with E-state index < -0.39 is 0 Å². The van der Waals surface area contributed by atoms with Crippen LogP contribution in [0.4, 0.5) is 0 Å². The third-order valence-corrected chi connectivity index (χ3v) is 2.21. The number of aliphatic hydroxyl groups is 1. The third kappa shape index (κ3) is 11.0.